The van der Waals surface area contributed by atoms with Crippen molar-refractivity contribution in [3.05, 3.63) is 24.3 Å². The van der Waals surface area contributed by atoms with E-state index in [1.54, 1.807) is 0 Å². The van der Waals surface area contributed by atoms with Crippen molar-refractivity contribution in [1.82, 2.24) is 9.97 Å². The van der Waals surface area contributed by atoms with E-state index in [0.717, 1.165) is 10.9 Å². The van der Waals surface area contributed by atoms with Crippen LogP contribution in [0.5, 0.6) is 0 Å². The average Bonchev–Trinajstić information content (AvgIpc) is 2.04. The van der Waals surface area contributed by atoms with E-state index in [9.17, 15) is 0 Å². The van der Waals surface area contributed by atoms with Crippen LogP contribution in [0.3, 0.4) is 0 Å². The fourth-order valence-electron chi connectivity index (χ4n) is 1.08. The van der Waals surface area contributed by atoms with Gasteiger partial charge in [0, 0.05) is 0 Å². The second-order valence-corrected chi connectivity index (χ2v) is 3.17. The van der Waals surface area contributed by atoms with Gasteiger partial charge in [-0.25, -0.2) is 0 Å². The summed E-state index contributed by atoms with van der Waals surface area (Å²) in [4.78, 5) is 8.20. The molecule has 3 nitrogen and oxygen atoms in total. The SMILES string of the molecule is Nc1nc([Se])nc2ccccc12. The van der Waals surface area contributed by atoms with E-state index in [1.807, 2.05) is 24.3 Å². The molecule has 0 spiro atoms. The van der Waals surface area contributed by atoms with Gasteiger partial charge in [-0.15, -0.1) is 0 Å². The molecule has 2 rings (SSSR count). The quantitative estimate of drug-likeness (QED) is 0.640. The third kappa shape index (κ3) is 1.15. The van der Waals surface area contributed by atoms with Crippen LogP contribution in [0.15, 0.2) is 24.3 Å². The van der Waals surface area contributed by atoms with Gasteiger partial charge in [0.2, 0.25) is 0 Å². The van der Waals surface area contributed by atoms with Crippen LogP contribution in [0.1, 0.15) is 0 Å². The third-order valence-electron chi connectivity index (χ3n) is 1.61. The zero-order valence-corrected chi connectivity index (χ0v) is 7.90. The number of aromatic nitrogens is 2. The summed E-state index contributed by atoms with van der Waals surface area (Å²) in [6.07, 6.45) is 0. The number of hydrogen-bond acceptors (Lipinski definition) is 3. The first kappa shape index (κ1) is 7.52. The third-order valence-corrected chi connectivity index (χ3v) is 2.00. The van der Waals surface area contributed by atoms with Crippen LogP contribution in [0.2, 0.25) is 0 Å². The van der Waals surface area contributed by atoms with Crippen LogP contribution in [-0.4, -0.2) is 26.0 Å². The molecule has 0 saturated heterocycles. The summed E-state index contributed by atoms with van der Waals surface area (Å²) in [5, 5.41) is 0.900. The molecule has 12 heavy (non-hydrogen) atoms. The molecule has 2 aromatic rings. The van der Waals surface area contributed by atoms with E-state index in [0.29, 0.717) is 10.5 Å². The monoisotopic (exact) mass is 224 g/mol. The van der Waals surface area contributed by atoms with Crippen LogP contribution < -0.4 is 10.5 Å². The fourth-order valence-corrected chi connectivity index (χ4v) is 1.49. The first-order valence-electron chi connectivity index (χ1n) is 3.46. The molecular weight excluding hydrogens is 217 g/mol. The van der Waals surface area contributed by atoms with Gasteiger partial charge in [-0.3, -0.25) is 0 Å². The number of nitrogens with two attached hydrogens (primary N) is 1. The van der Waals surface area contributed by atoms with Gasteiger partial charge in [0.1, 0.15) is 0 Å². The van der Waals surface area contributed by atoms with Crippen LogP contribution in [0.4, 0.5) is 5.82 Å². The minimum absolute atomic E-state index is 0.523. The normalized spacial score (nSPS) is 10.3. The van der Waals surface area contributed by atoms with E-state index in [-0.39, 0.29) is 0 Å². The van der Waals surface area contributed by atoms with Gasteiger partial charge in [0.05, 0.1) is 0 Å². The Balaban J connectivity index is 2.89. The number of rotatable bonds is 0. The standard InChI is InChI=1S/C8H6N3Se/c9-7-5-3-1-2-4-6(5)10-8(12)11-7/h1-4H,(H2,9,10,11). The van der Waals surface area contributed by atoms with E-state index in [2.05, 4.69) is 26.0 Å². The van der Waals surface area contributed by atoms with Gasteiger partial charge in [-0.1, -0.05) is 0 Å². The first-order chi connectivity index (χ1) is 5.77. The molecule has 0 fully saturated rings. The maximum absolute atomic E-state index is 5.69. The molecule has 0 atom stereocenters. The Kier molecular flexibility index (Phi) is 1.71. The predicted octanol–water partition coefficient (Wildman–Crippen LogP) is 0.00580. The van der Waals surface area contributed by atoms with Crippen LogP contribution >= 0.6 is 0 Å². The molecule has 0 unspecified atom stereocenters. The molecule has 1 heterocycles. The van der Waals surface area contributed by atoms with Crippen molar-refractivity contribution in [1.29, 1.82) is 0 Å². The van der Waals surface area contributed by atoms with E-state index < -0.39 is 0 Å². The average molecular weight is 223 g/mol. The Labute approximate surface area is 77.8 Å². The Morgan fingerprint density at radius 1 is 1.17 bits per heavy atom. The molecule has 0 bridgehead atoms. The molecule has 1 aromatic carbocycles. The maximum atomic E-state index is 5.69. The molecule has 1 radical (unpaired) electrons. The van der Waals surface area contributed by atoms with E-state index >= 15 is 0 Å². The van der Waals surface area contributed by atoms with Crippen molar-refractivity contribution in [2.24, 2.45) is 0 Å². The minimum atomic E-state index is 0.523. The predicted molar refractivity (Wildman–Crippen MR) is 49.3 cm³/mol. The van der Waals surface area contributed by atoms with Crippen molar-refractivity contribution in [2.75, 3.05) is 5.73 Å². The van der Waals surface area contributed by atoms with Crippen molar-refractivity contribution in [2.45, 2.75) is 0 Å². The second-order valence-electron chi connectivity index (χ2n) is 2.41. The number of para-hydroxylation sites is 1. The Morgan fingerprint density at radius 2 is 1.92 bits per heavy atom. The van der Waals surface area contributed by atoms with Crippen molar-refractivity contribution < 1.29 is 0 Å². The van der Waals surface area contributed by atoms with Gasteiger partial charge in [-0.05, 0) is 0 Å². The number of anilines is 1. The Bertz CT molecular complexity index is 428. The Morgan fingerprint density at radius 3 is 2.75 bits per heavy atom. The molecule has 1 aromatic heterocycles. The van der Waals surface area contributed by atoms with Crippen molar-refractivity contribution in [3.63, 3.8) is 0 Å². The molecule has 0 saturated carbocycles. The van der Waals surface area contributed by atoms with E-state index in [1.165, 1.54) is 0 Å². The summed E-state index contributed by atoms with van der Waals surface area (Å²) in [5.41, 5.74) is 6.56. The second kappa shape index (κ2) is 2.73. The van der Waals surface area contributed by atoms with Gasteiger partial charge in [0.25, 0.3) is 0 Å². The summed E-state index contributed by atoms with van der Waals surface area (Å²) in [7, 11) is 0. The number of benzene rings is 1. The Hall–Kier alpha value is -1.12. The fraction of sp³-hybridized carbons (Fsp3) is 0. The van der Waals surface area contributed by atoms with Crippen LogP contribution in [0.25, 0.3) is 10.9 Å². The molecule has 0 aliphatic rings. The zero-order valence-electron chi connectivity index (χ0n) is 6.19. The molecule has 59 valence electrons. The summed E-state index contributed by atoms with van der Waals surface area (Å²) < 4.78 is 0.589. The zero-order chi connectivity index (χ0) is 8.55. The summed E-state index contributed by atoms with van der Waals surface area (Å²) in [5.74, 6) is 0.523. The first-order valence-corrected chi connectivity index (χ1v) is 4.32. The van der Waals surface area contributed by atoms with Gasteiger partial charge < -0.3 is 0 Å². The van der Waals surface area contributed by atoms with Gasteiger partial charge >= 0.3 is 77.4 Å². The summed E-state index contributed by atoms with van der Waals surface area (Å²) in [6, 6.07) is 7.66. The molecule has 2 N–H and O–H groups in total. The van der Waals surface area contributed by atoms with Gasteiger partial charge in [-0.2, -0.15) is 0 Å². The summed E-state index contributed by atoms with van der Waals surface area (Å²) >= 11 is 2.73. The molecule has 0 amide bonds. The number of nitrogen functional groups attached to an aromatic ring is 1. The van der Waals surface area contributed by atoms with Crippen molar-refractivity contribution in [3.8, 4) is 0 Å². The number of nitrogens with zero attached hydrogens (tertiary/aromatic N) is 2. The summed E-state index contributed by atoms with van der Waals surface area (Å²) in [6.45, 7) is 0. The van der Waals surface area contributed by atoms with Crippen LogP contribution in [0, 0.1) is 0 Å². The molecular formula is C8H6N3Se. The number of fused-ring (bicyclic) bond motifs is 1. The molecule has 4 heteroatoms. The van der Waals surface area contributed by atoms with Crippen LogP contribution in [-0.2, 0) is 0 Å². The van der Waals surface area contributed by atoms with Gasteiger partial charge in [0.15, 0.2) is 0 Å². The topological polar surface area (TPSA) is 51.8 Å². The van der Waals surface area contributed by atoms with E-state index in [4.69, 9.17) is 5.73 Å². The number of hydrogen-bond donors (Lipinski definition) is 1. The van der Waals surface area contributed by atoms with Crippen molar-refractivity contribution >= 4 is 37.5 Å². The molecule has 0 aliphatic carbocycles. The molecule has 0 aliphatic heterocycles.